The zero-order valence-electron chi connectivity index (χ0n) is 10.3. The molecule has 0 spiro atoms. The lowest BCUT2D eigenvalue weighted by atomic mass is 10.2. The van der Waals surface area contributed by atoms with E-state index in [1.807, 2.05) is 31.3 Å². The fourth-order valence-corrected chi connectivity index (χ4v) is 1.86. The third-order valence-electron chi connectivity index (χ3n) is 2.86. The smallest absolute Gasteiger partial charge is 0.255 e. The van der Waals surface area contributed by atoms with Gasteiger partial charge in [-0.1, -0.05) is 13.0 Å². The van der Waals surface area contributed by atoms with Crippen LogP contribution in [0.2, 0.25) is 0 Å². The summed E-state index contributed by atoms with van der Waals surface area (Å²) in [4.78, 5) is 12.0. The molecular formula is C13H16ClN3O. The first kappa shape index (κ1) is 12.9. The molecule has 0 aliphatic heterocycles. The molecule has 2 heterocycles. The van der Waals surface area contributed by atoms with E-state index in [0.717, 1.165) is 18.4 Å². The zero-order valence-corrected chi connectivity index (χ0v) is 11.0. The molecule has 1 atom stereocenters. The minimum absolute atomic E-state index is 0.101. The van der Waals surface area contributed by atoms with Crippen molar-refractivity contribution in [2.45, 2.75) is 25.1 Å². The predicted molar refractivity (Wildman–Crippen MR) is 72.1 cm³/mol. The number of rotatable bonds is 5. The molecule has 2 aromatic rings. The Balaban J connectivity index is 2.01. The first-order chi connectivity index (χ1) is 8.72. The minimum Gasteiger partial charge on any atom is -0.352 e. The van der Waals surface area contributed by atoms with Crippen molar-refractivity contribution in [3.63, 3.8) is 0 Å². The Morgan fingerprint density at radius 1 is 1.56 bits per heavy atom. The quantitative estimate of drug-likeness (QED) is 0.845. The lowest BCUT2D eigenvalue weighted by molar-refractivity contribution is 0.0954. The van der Waals surface area contributed by atoms with E-state index in [1.54, 1.807) is 10.7 Å². The van der Waals surface area contributed by atoms with Gasteiger partial charge in [-0.15, -0.1) is 11.6 Å². The van der Waals surface area contributed by atoms with E-state index in [0.29, 0.717) is 12.1 Å². The molecule has 2 aromatic heterocycles. The van der Waals surface area contributed by atoms with Crippen molar-refractivity contribution in [3.05, 3.63) is 36.2 Å². The van der Waals surface area contributed by atoms with Gasteiger partial charge in [-0.2, -0.15) is 5.10 Å². The highest BCUT2D eigenvalue weighted by Gasteiger charge is 2.12. The molecule has 0 saturated heterocycles. The number of nitrogens with zero attached hydrogens (tertiary/aromatic N) is 2. The third kappa shape index (κ3) is 2.82. The number of alkyl halides is 1. The molecule has 2 rings (SSSR count). The number of pyridine rings is 1. The van der Waals surface area contributed by atoms with Gasteiger partial charge in [-0.25, -0.2) is 4.52 Å². The second kappa shape index (κ2) is 5.87. The van der Waals surface area contributed by atoms with Gasteiger partial charge in [0.15, 0.2) is 0 Å². The van der Waals surface area contributed by atoms with Crippen LogP contribution in [-0.4, -0.2) is 27.4 Å². The Morgan fingerprint density at radius 2 is 2.39 bits per heavy atom. The zero-order chi connectivity index (χ0) is 13.0. The van der Waals surface area contributed by atoms with E-state index in [4.69, 9.17) is 11.6 Å². The maximum absolute atomic E-state index is 12.0. The highest BCUT2D eigenvalue weighted by atomic mass is 35.5. The van der Waals surface area contributed by atoms with Crippen molar-refractivity contribution in [3.8, 4) is 0 Å². The van der Waals surface area contributed by atoms with E-state index in [-0.39, 0.29) is 11.3 Å². The summed E-state index contributed by atoms with van der Waals surface area (Å²) < 4.78 is 1.69. The van der Waals surface area contributed by atoms with Gasteiger partial charge in [0.1, 0.15) is 0 Å². The molecule has 4 nitrogen and oxygen atoms in total. The Morgan fingerprint density at radius 3 is 3.17 bits per heavy atom. The number of hydrogen-bond donors (Lipinski definition) is 1. The maximum Gasteiger partial charge on any atom is 0.255 e. The van der Waals surface area contributed by atoms with Gasteiger partial charge >= 0.3 is 0 Å². The number of carbonyl (C=O) groups is 1. The molecule has 1 unspecified atom stereocenters. The Bertz CT molecular complexity index is 538. The number of amides is 1. The molecule has 96 valence electrons. The van der Waals surface area contributed by atoms with Gasteiger partial charge in [0.25, 0.3) is 5.91 Å². The monoisotopic (exact) mass is 265 g/mol. The van der Waals surface area contributed by atoms with Gasteiger partial charge in [-0.3, -0.25) is 4.79 Å². The van der Waals surface area contributed by atoms with Crippen LogP contribution in [0.4, 0.5) is 0 Å². The summed E-state index contributed by atoms with van der Waals surface area (Å²) in [7, 11) is 0. The topological polar surface area (TPSA) is 46.4 Å². The van der Waals surface area contributed by atoms with Crippen molar-refractivity contribution in [2.75, 3.05) is 6.54 Å². The Labute approximate surface area is 111 Å². The molecule has 0 radical (unpaired) electrons. The predicted octanol–water partition coefficient (Wildman–Crippen LogP) is 2.47. The second-order valence-corrected chi connectivity index (χ2v) is 4.76. The molecule has 0 aliphatic rings. The van der Waals surface area contributed by atoms with Gasteiger partial charge < -0.3 is 5.32 Å². The van der Waals surface area contributed by atoms with Crippen LogP contribution in [-0.2, 0) is 0 Å². The first-order valence-electron chi connectivity index (χ1n) is 6.07. The lowest BCUT2D eigenvalue weighted by Crippen LogP contribution is -2.25. The van der Waals surface area contributed by atoms with Gasteiger partial charge in [-0.05, 0) is 25.0 Å². The summed E-state index contributed by atoms with van der Waals surface area (Å²) in [6.07, 6.45) is 5.10. The number of fused-ring (bicyclic) bond motifs is 1. The van der Waals surface area contributed by atoms with Crippen LogP contribution in [0.25, 0.3) is 5.52 Å². The lowest BCUT2D eigenvalue weighted by Gasteiger charge is -2.07. The molecular weight excluding hydrogens is 250 g/mol. The first-order valence-corrected chi connectivity index (χ1v) is 6.50. The SMILES string of the molecule is CCC(Cl)CCNC(=O)c1cnn2ccccc12. The summed E-state index contributed by atoms with van der Waals surface area (Å²) >= 11 is 6.00. The molecule has 0 fully saturated rings. The number of halogens is 1. The summed E-state index contributed by atoms with van der Waals surface area (Å²) in [6, 6.07) is 5.64. The standard InChI is InChI=1S/C13H16ClN3O/c1-2-10(14)6-7-15-13(18)11-9-16-17-8-4-3-5-12(11)17/h3-5,8-10H,2,6-7H2,1H3,(H,15,18). The van der Waals surface area contributed by atoms with Crippen LogP contribution in [0.15, 0.2) is 30.6 Å². The summed E-state index contributed by atoms with van der Waals surface area (Å²) in [6.45, 7) is 2.62. The van der Waals surface area contributed by atoms with Crippen molar-refractivity contribution in [1.29, 1.82) is 0 Å². The average Bonchev–Trinajstić information content (AvgIpc) is 2.82. The van der Waals surface area contributed by atoms with Crippen LogP contribution in [0.3, 0.4) is 0 Å². The second-order valence-electron chi connectivity index (χ2n) is 4.14. The molecule has 18 heavy (non-hydrogen) atoms. The van der Waals surface area contributed by atoms with E-state index < -0.39 is 0 Å². The van der Waals surface area contributed by atoms with Crippen molar-refractivity contribution >= 4 is 23.0 Å². The van der Waals surface area contributed by atoms with Crippen LogP contribution >= 0.6 is 11.6 Å². The number of nitrogens with one attached hydrogen (secondary N) is 1. The van der Waals surface area contributed by atoms with Crippen molar-refractivity contribution < 1.29 is 4.79 Å². The van der Waals surface area contributed by atoms with E-state index in [1.165, 1.54) is 0 Å². The Kier molecular flexibility index (Phi) is 4.20. The molecule has 1 N–H and O–H groups in total. The van der Waals surface area contributed by atoms with Gasteiger partial charge in [0.2, 0.25) is 0 Å². The fraction of sp³-hybridized carbons (Fsp3) is 0.385. The maximum atomic E-state index is 12.0. The van der Waals surface area contributed by atoms with Crippen LogP contribution in [0, 0.1) is 0 Å². The van der Waals surface area contributed by atoms with E-state index in [9.17, 15) is 4.79 Å². The van der Waals surface area contributed by atoms with Crippen LogP contribution < -0.4 is 5.32 Å². The summed E-state index contributed by atoms with van der Waals surface area (Å²) in [5.41, 5.74) is 1.41. The molecule has 0 aliphatic carbocycles. The number of hydrogen-bond acceptors (Lipinski definition) is 2. The van der Waals surface area contributed by atoms with Crippen molar-refractivity contribution in [2.24, 2.45) is 0 Å². The highest BCUT2D eigenvalue weighted by molar-refractivity contribution is 6.20. The molecule has 1 amide bonds. The minimum atomic E-state index is -0.101. The fourth-order valence-electron chi connectivity index (χ4n) is 1.75. The van der Waals surface area contributed by atoms with Gasteiger partial charge in [0, 0.05) is 18.1 Å². The third-order valence-corrected chi connectivity index (χ3v) is 3.38. The summed E-state index contributed by atoms with van der Waals surface area (Å²) in [5.74, 6) is -0.101. The van der Waals surface area contributed by atoms with Crippen molar-refractivity contribution in [1.82, 2.24) is 14.9 Å². The average molecular weight is 266 g/mol. The number of carbonyl (C=O) groups excluding carboxylic acids is 1. The van der Waals surface area contributed by atoms with Crippen LogP contribution in [0.1, 0.15) is 30.1 Å². The molecule has 0 aromatic carbocycles. The Hall–Kier alpha value is -1.55. The number of aromatic nitrogens is 2. The normalized spacial score (nSPS) is 12.6. The highest BCUT2D eigenvalue weighted by Crippen LogP contribution is 2.10. The molecule has 0 bridgehead atoms. The van der Waals surface area contributed by atoms with E-state index in [2.05, 4.69) is 10.4 Å². The van der Waals surface area contributed by atoms with E-state index >= 15 is 0 Å². The summed E-state index contributed by atoms with van der Waals surface area (Å²) in [5, 5.41) is 7.11. The van der Waals surface area contributed by atoms with Gasteiger partial charge in [0.05, 0.1) is 17.3 Å². The molecule has 0 saturated carbocycles. The van der Waals surface area contributed by atoms with Crippen LogP contribution in [0.5, 0.6) is 0 Å². The molecule has 5 heteroatoms. The largest absolute Gasteiger partial charge is 0.352 e.